The molecule has 0 saturated carbocycles. The zero-order chi connectivity index (χ0) is 15.6. The van der Waals surface area contributed by atoms with Crippen molar-refractivity contribution in [1.82, 2.24) is 0 Å². The molecule has 3 N–H and O–H groups in total. The molecule has 4 nitrogen and oxygen atoms in total. The zero-order valence-corrected chi connectivity index (χ0v) is 13.3. The first-order chi connectivity index (χ1) is 9.86. The summed E-state index contributed by atoms with van der Waals surface area (Å²) in [6.07, 6.45) is 0.751. The second-order valence-electron chi connectivity index (χ2n) is 5.04. The Labute approximate surface area is 126 Å². The maximum absolute atomic E-state index is 12.7. The highest BCUT2D eigenvalue weighted by Crippen LogP contribution is 2.28. The van der Waals surface area contributed by atoms with Crippen LogP contribution in [0.3, 0.4) is 0 Å². The summed E-state index contributed by atoms with van der Waals surface area (Å²) in [6.45, 7) is 5.62. The summed E-state index contributed by atoms with van der Waals surface area (Å²) in [5, 5.41) is 0. The third-order valence-electron chi connectivity index (χ3n) is 3.62. The predicted molar refractivity (Wildman–Crippen MR) is 87.0 cm³/mol. The van der Waals surface area contributed by atoms with E-state index in [9.17, 15) is 8.42 Å². The Balaban J connectivity index is 2.51. The van der Waals surface area contributed by atoms with Crippen LogP contribution in [0.1, 0.15) is 23.6 Å². The third-order valence-corrected chi connectivity index (χ3v) is 5.19. The molecule has 0 amide bonds. The quantitative estimate of drug-likeness (QED) is 0.852. The van der Waals surface area contributed by atoms with Gasteiger partial charge in [0.15, 0.2) is 0 Å². The van der Waals surface area contributed by atoms with Crippen LogP contribution in [-0.4, -0.2) is 8.42 Å². The normalized spacial score (nSPS) is 11.4. The van der Waals surface area contributed by atoms with E-state index in [2.05, 4.69) is 4.72 Å². The zero-order valence-electron chi connectivity index (χ0n) is 12.5. The van der Waals surface area contributed by atoms with Crippen LogP contribution in [0.4, 0.5) is 11.4 Å². The van der Waals surface area contributed by atoms with Crippen molar-refractivity contribution in [3.63, 3.8) is 0 Å². The summed E-state index contributed by atoms with van der Waals surface area (Å²) >= 11 is 0. The summed E-state index contributed by atoms with van der Waals surface area (Å²) in [7, 11) is -3.70. The highest BCUT2D eigenvalue weighted by molar-refractivity contribution is 7.93. The molecule has 2 aromatic rings. The first-order valence-electron chi connectivity index (χ1n) is 6.83. The van der Waals surface area contributed by atoms with Crippen molar-refractivity contribution in [2.75, 3.05) is 10.5 Å². The van der Waals surface area contributed by atoms with Gasteiger partial charge in [-0.3, -0.25) is 4.72 Å². The van der Waals surface area contributed by atoms with Crippen LogP contribution < -0.4 is 10.5 Å². The van der Waals surface area contributed by atoms with Gasteiger partial charge in [0.2, 0.25) is 0 Å². The van der Waals surface area contributed by atoms with Gasteiger partial charge in [-0.25, -0.2) is 8.42 Å². The molecule has 0 saturated heterocycles. The lowest BCUT2D eigenvalue weighted by Crippen LogP contribution is -2.17. The Morgan fingerprint density at radius 1 is 1.10 bits per heavy atom. The second-order valence-corrected chi connectivity index (χ2v) is 6.66. The minimum absolute atomic E-state index is 0.161. The minimum atomic E-state index is -3.70. The number of anilines is 2. The molecule has 0 aliphatic heterocycles. The van der Waals surface area contributed by atoms with Crippen molar-refractivity contribution in [3.8, 4) is 0 Å². The summed E-state index contributed by atoms with van der Waals surface area (Å²) < 4.78 is 28.0. The van der Waals surface area contributed by atoms with Crippen LogP contribution in [0.25, 0.3) is 0 Å². The predicted octanol–water partition coefficient (Wildman–Crippen LogP) is 3.25. The summed E-state index contributed by atoms with van der Waals surface area (Å²) in [5.41, 5.74) is 9.27. The average Bonchev–Trinajstić information content (AvgIpc) is 2.43. The lowest BCUT2D eigenvalue weighted by Gasteiger charge is -2.16. The summed E-state index contributed by atoms with van der Waals surface area (Å²) in [4.78, 5) is 0.161. The van der Waals surface area contributed by atoms with Crippen LogP contribution in [0, 0.1) is 13.8 Å². The standard InChI is InChI=1S/C16H20N2O2S/c1-4-13-7-5-6-8-15(13)18-21(19,20)16-12(3)11(2)9-10-14(16)17/h5-10,18H,4,17H2,1-3H3. The first-order valence-corrected chi connectivity index (χ1v) is 8.31. The van der Waals surface area contributed by atoms with Crippen LogP contribution >= 0.6 is 0 Å². The van der Waals surface area contributed by atoms with Gasteiger partial charge in [0.25, 0.3) is 10.0 Å². The van der Waals surface area contributed by atoms with Gasteiger partial charge in [-0.15, -0.1) is 0 Å². The van der Waals surface area contributed by atoms with E-state index in [4.69, 9.17) is 5.73 Å². The molecular formula is C16H20N2O2S. The Kier molecular flexibility index (Phi) is 4.23. The average molecular weight is 304 g/mol. The fourth-order valence-electron chi connectivity index (χ4n) is 2.29. The minimum Gasteiger partial charge on any atom is -0.398 e. The SMILES string of the molecule is CCc1ccccc1NS(=O)(=O)c1c(N)ccc(C)c1C. The van der Waals surface area contributed by atoms with Crippen LogP contribution in [0.5, 0.6) is 0 Å². The molecular weight excluding hydrogens is 284 g/mol. The van der Waals surface area contributed by atoms with Crippen LogP contribution in [-0.2, 0) is 16.4 Å². The number of nitrogens with one attached hydrogen (secondary N) is 1. The lowest BCUT2D eigenvalue weighted by molar-refractivity contribution is 0.601. The molecule has 2 aromatic carbocycles. The van der Waals surface area contributed by atoms with Gasteiger partial charge in [0, 0.05) is 0 Å². The third kappa shape index (κ3) is 3.03. The van der Waals surface area contributed by atoms with Gasteiger partial charge >= 0.3 is 0 Å². The summed E-state index contributed by atoms with van der Waals surface area (Å²) in [5.74, 6) is 0. The number of aryl methyl sites for hydroxylation is 2. The fraction of sp³-hybridized carbons (Fsp3) is 0.250. The monoisotopic (exact) mass is 304 g/mol. The highest BCUT2D eigenvalue weighted by atomic mass is 32.2. The number of sulfonamides is 1. The number of para-hydroxylation sites is 1. The van der Waals surface area contributed by atoms with Gasteiger partial charge in [-0.2, -0.15) is 0 Å². The number of nitrogen functional groups attached to an aromatic ring is 1. The fourth-order valence-corrected chi connectivity index (χ4v) is 3.82. The number of hydrogen-bond acceptors (Lipinski definition) is 3. The van der Waals surface area contributed by atoms with E-state index in [1.165, 1.54) is 0 Å². The molecule has 0 bridgehead atoms. The van der Waals surface area contributed by atoms with Gasteiger partial charge in [0.1, 0.15) is 4.90 Å². The molecule has 0 fully saturated rings. The van der Waals surface area contributed by atoms with Crippen molar-refractivity contribution in [1.29, 1.82) is 0 Å². The van der Waals surface area contributed by atoms with E-state index in [1.54, 1.807) is 19.1 Å². The van der Waals surface area contributed by atoms with Crippen LogP contribution in [0.15, 0.2) is 41.3 Å². The maximum atomic E-state index is 12.7. The number of hydrogen-bond donors (Lipinski definition) is 2. The molecule has 0 radical (unpaired) electrons. The molecule has 0 atom stereocenters. The van der Waals surface area contributed by atoms with Crippen molar-refractivity contribution < 1.29 is 8.42 Å². The highest BCUT2D eigenvalue weighted by Gasteiger charge is 2.22. The largest absolute Gasteiger partial charge is 0.398 e. The van der Waals surface area contributed by atoms with Crippen molar-refractivity contribution in [2.45, 2.75) is 32.1 Å². The molecule has 0 aliphatic carbocycles. The molecule has 5 heteroatoms. The smallest absolute Gasteiger partial charge is 0.264 e. The molecule has 21 heavy (non-hydrogen) atoms. The molecule has 0 unspecified atom stereocenters. The summed E-state index contributed by atoms with van der Waals surface area (Å²) in [6, 6.07) is 10.8. The van der Waals surface area contributed by atoms with Gasteiger partial charge in [-0.1, -0.05) is 31.2 Å². The molecule has 2 rings (SSSR count). The Bertz CT molecular complexity index is 768. The first kappa shape index (κ1) is 15.4. The molecule has 0 aromatic heterocycles. The van der Waals surface area contributed by atoms with Crippen molar-refractivity contribution in [3.05, 3.63) is 53.1 Å². The van der Waals surface area contributed by atoms with Crippen LogP contribution in [0.2, 0.25) is 0 Å². The number of benzene rings is 2. The van der Waals surface area contributed by atoms with E-state index in [0.717, 1.165) is 17.5 Å². The second kappa shape index (κ2) is 5.77. The molecule has 0 aliphatic rings. The van der Waals surface area contributed by atoms with Crippen molar-refractivity contribution in [2.24, 2.45) is 0 Å². The molecule has 0 heterocycles. The molecule has 112 valence electrons. The number of rotatable bonds is 4. The Morgan fingerprint density at radius 3 is 2.43 bits per heavy atom. The van der Waals surface area contributed by atoms with E-state index in [0.29, 0.717) is 11.3 Å². The van der Waals surface area contributed by atoms with Crippen molar-refractivity contribution >= 4 is 21.4 Å². The van der Waals surface area contributed by atoms with Gasteiger partial charge in [0.05, 0.1) is 11.4 Å². The van der Waals surface area contributed by atoms with E-state index in [-0.39, 0.29) is 10.6 Å². The van der Waals surface area contributed by atoms with E-state index >= 15 is 0 Å². The molecule has 0 spiro atoms. The van der Waals surface area contributed by atoms with Gasteiger partial charge < -0.3 is 5.73 Å². The Hall–Kier alpha value is -2.01. The van der Waals surface area contributed by atoms with Gasteiger partial charge in [-0.05, 0) is 49.1 Å². The topological polar surface area (TPSA) is 72.2 Å². The lowest BCUT2D eigenvalue weighted by atomic mass is 10.1. The number of nitrogens with two attached hydrogens (primary N) is 1. The Morgan fingerprint density at radius 2 is 1.76 bits per heavy atom. The van der Waals surface area contributed by atoms with E-state index in [1.807, 2.05) is 38.1 Å². The van der Waals surface area contributed by atoms with E-state index < -0.39 is 10.0 Å². The maximum Gasteiger partial charge on any atom is 0.264 e.